The molecule has 1 aromatic heterocycles. The van der Waals surface area contributed by atoms with Crippen molar-refractivity contribution in [3.8, 4) is 0 Å². The number of hydrogen-bond donors (Lipinski definition) is 1. The lowest BCUT2D eigenvalue weighted by Gasteiger charge is -2.34. The van der Waals surface area contributed by atoms with Gasteiger partial charge in [-0.05, 0) is 31.9 Å². The van der Waals surface area contributed by atoms with E-state index in [2.05, 4.69) is 17.3 Å². The van der Waals surface area contributed by atoms with Gasteiger partial charge in [-0.25, -0.2) is 0 Å². The molecule has 18 heavy (non-hydrogen) atoms. The van der Waals surface area contributed by atoms with E-state index in [0.717, 1.165) is 38.9 Å². The Kier molecular flexibility index (Phi) is 4.75. The smallest absolute Gasteiger partial charge is 0.244 e. The van der Waals surface area contributed by atoms with Crippen LogP contribution in [-0.2, 0) is 11.3 Å². The number of piperidine rings is 1. The highest BCUT2D eigenvalue weighted by Crippen LogP contribution is 2.12. The Morgan fingerprint density at radius 1 is 1.61 bits per heavy atom. The van der Waals surface area contributed by atoms with Gasteiger partial charge in [-0.15, -0.1) is 0 Å². The van der Waals surface area contributed by atoms with Crippen LogP contribution in [0.15, 0.2) is 18.5 Å². The monoisotopic (exact) mass is 250 g/mol. The Morgan fingerprint density at radius 3 is 3.11 bits per heavy atom. The third-order valence-electron chi connectivity index (χ3n) is 3.35. The summed E-state index contributed by atoms with van der Waals surface area (Å²) in [5, 5.41) is 7.47. The van der Waals surface area contributed by atoms with Gasteiger partial charge in [0, 0.05) is 31.5 Å². The highest BCUT2D eigenvalue weighted by molar-refractivity contribution is 5.76. The number of aromatic nitrogens is 2. The van der Waals surface area contributed by atoms with E-state index in [1.54, 1.807) is 10.9 Å². The van der Waals surface area contributed by atoms with Crippen LogP contribution in [-0.4, -0.2) is 46.3 Å². The van der Waals surface area contributed by atoms with Crippen molar-refractivity contribution in [3.05, 3.63) is 18.5 Å². The second-order valence-electron chi connectivity index (χ2n) is 4.79. The minimum absolute atomic E-state index is 0.175. The maximum Gasteiger partial charge on any atom is 0.244 e. The molecule has 2 rings (SSSR count). The molecule has 0 aromatic carbocycles. The second kappa shape index (κ2) is 6.54. The molecule has 5 heteroatoms. The number of rotatable bonds is 5. The number of nitrogens with one attached hydrogen (secondary N) is 1. The fourth-order valence-electron chi connectivity index (χ4n) is 2.47. The SMILES string of the molecule is CCCN(C(=O)Cn1cccn1)C1CCCNC1. The van der Waals surface area contributed by atoms with E-state index in [1.165, 1.54) is 0 Å². The van der Waals surface area contributed by atoms with Crippen molar-refractivity contribution < 1.29 is 4.79 Å². The molecule has 1 aliphatic rings. The maximum atomic E-state index is 12.3. The summed E-state index contributed by atoms with van der Waals surface area (Å²) in [4.78, 5) is 14.4. The number of hydrogen-bond acceptors (Lipinski definition) is 3. The van der Waals surface area contributed by atoms with Crippen LogP contribution in [0.5, 0.6) is 0 Å². The standard InChI is InChI=1S/C13H22N4O/c1-2-8-17(12-5-3-6-14-10-12)13(18)11-16-9-4-7-15-16/h4,7,9,12,14H,2-3,5-6,8,10-11H2,1H3. The third kappa shape index (κ3) is 3.32. The molecule has 1 N–H and O–H groups in total. The van der Waals surface area contributed by atoms with Crippen LogP contribution in [0.4, 0.5) is 0 Å². The summed E-state index contributed by atoms with van der Waals surface area (Å²) >= 11 is 0. The van der Waals surface area contributed by atoms with Gasteiger partial charge in [0.2, 0.25) is 5.91 Å². The molecule has 0 radical (unpaired) electrons. The first-order valence-electron chi connectivity index (χ1n) is 6.79. The topological polar surface area (TPSA) is 50.2 Å². The lowest BCUT2D eigenvalue weighted by Crippen LogP contribution is -2.49. The lowest BCUT2D eigenvalue weighted by atomic mass is 10.1. The molecule has 5 nitrogen and oxygen atoms in total. The van der Waals surface area contributed by atoms with Gasteiger partial charge >= 0.3 is 0 Å². The van der Waals surface area contributed by atoms with Gasteiger partial charge in [0.25, 0.3) is 0 Å². The summed E-state index contributed by atoms with van der Waals surface area (Å²) < 4.78 is 1.70. The van der Waals surface area contributed by atoms with Crippen molar-refractivity contribution in [2.75, 3.05) is 19.6 Å². The molecule has 1 fully saturated rings. The summed E-state index contributed by atoms with van der Waals surface area (Å²) in [5.41, 5.74) is 0. The average Bonchev–Trinajstić information content (AvgIpc) is 2.89. The Morgan fingerprint density at radius 2 is 2.50 bits per heavy atom. The van der Waals surface area contributed by atoms with Crippen LogP contribution >= 0.6 is 0 Å². The van der Waals surface area contributed by atoms with Crippen molar-refractivity contribution >= 4 is 5.91 Å². The minimum Gasteiger partial charge on any atom is -0.337 e. The van der Waals surface area contributed by atoms with Crippen LogP contribution in [0, 0.1) is 0 Å². The quantitative estimate of drug-likeness (QED) is 0.844. The number of nitrogens with zero attached hydrogens (tertiary/aromatic N) is 3. The van der Waals surface area contributed by atoms with E-state index < -0.39 is 0 Å². The molecule has 100 valence electrons. The van der Waals surface area contributed by atoms with Crippen molar-refractivity contribution in [2.45, 2.75) is 38.8 Å². The molecule has 2 heterocycles. The molecule has 0 saturated carbocycles. The van der Waals surface area contributed by atoms with E-state index in [1.807, 2.05) is 17.2 Å². The molecule has 1 amide bonds. The molecule has 0 spiro atoms. The van der Waals surface area contributed by atoms with Crippen LogP contribution in [0.2, 0.25) is 0 Å². The van der Waals surface area contributed by atoms with E-state index in [9.17, 15) is 4.79 Å². The molecule has 0 aliphatic carbocycles. The fraction of sp³-hybridized carbons (Fsp3) is 0.692. The summed E-state index contributed by atoms with van der Waals surface area (Å²) in [6.07, 6.45) is 6.81. The number of amides is 1. The fourth-order valence-corrected chi connectivity index (χ4v) is 2.47. The predicted molar refractivity (Wildman–Crippen MR) is 70.1 cm³/mol. The highest BCUT2D eigenvalue weighted by Gasteiger charge is 2.24. The first-order chi connectivity index (χ1) is 8.81. The van der Waals surface area contributed by atoms with Gasteiger partial charge in [-0.3, -0.25) is 9.48 Å². The second-order valence-corrected chi connectivity index (χ2v) is 4.79. The Labute approximate surface area is 108 Å². The molecule has 1 atom stereocenters. The predicted octanol–water partition coefficient (Wildman–Crippen LogP) is 0.874. The molecule has 1 aliphatic heterocycles. The summed E-state index contributed by atoms with van der Waals surface area (Å²) in [7, 11) is 0. The van der Waals surface area contributed by atoms with Crippen LogP contribution in [0.1, 0.15) is 26.2 Å². The van der Waals surface area contributed by atoms with Gasteiger partial charge in [-0.2, -0.15) is 5.10 Å². The number of carbonyl (C=O) groups excluding carboxylic acids is 1. The van der Waals surface area contributed by atoms with Crippen LogP contribution < -0.4 is 5.32 Å². The van der Waals surface area contributed by atoms with E-state index in [-0.39, 0.29) is 5.91 Å². The van der Waals surface area contributed by atoms with Crippen molar-refractivity contribution in [1.29, 1.82) is 0 Å². The van der Waals surface area contributed by atoms with Crippen LogP contribution in [0.25, 0.3) is 0 Å². The van der Waals surface area contributed by atoms with E-state index in [4.69, 9.17) is 0 Å². The largest absolute Gasteiger partial charge is 0.337 e. The van der Waals surface area contributed by atoms with Gasteiger partial charge in [0.1, 0.15) is 6.54 Å². The molecular weight excluding hydrogens is 228 g/mol. The zero-order valence-corrected chi connectivity index (χ0v) is 11.0. The molecule has 1 saturated heterocycles. The molecular formula is C13H22N4O. The van der Waals surface area contributed by atoms with Gasteiger partial charge in [0.15, 0.2) is 0 Å². The minimum atomic E-state index is 0.175. The lowest BCUT2D eigenvalue weighted by molar-refractivity contribution is -0.134. The number of carbonyl (C=O) groups is 1. The Balaban J connectivity index is 1.97. The molecule has 0 bridgehead atoms. The van der Waals surface area contributed by atoms with Gasteiger partial charge in [0.05, 0.1) is 0 Å². The first kappa shape index (κ1) is 13.1. The molecule has 1 unspecified atom stereocenters. The van der Waals surface area contributed by atoms with Crippen molar-refractivity contribution in [2.24, 2.45) is 0 Å². The maximum absolute atomic E-state index is 12.3. The van der Waals surface area contributed by atoms with Crippen molar-refractivity contribution in [3.63, 3.8) is 0 Å². The van der Waals surface area contributed by atoms with Gasteiger partial charge < -0.3 is 10.2 Å². The molecule has 1 aromatic rings. The first-order valence-corrected chi connectivity index (χ1v) is 6.79. The summed E-state index contributed by atoms with van der Waals surface area (Å²) in [5.74, 6) is 0.175. The normalized spacial score (nSPS) is 19.7. The van der Waals surface area contributed by atoms with Crippen molar-refractivity contribution in [1.82, 2.24) is 20.0 Å². The Hall–Kier alpha value is -1.36. The summed E-state index contributed by atoms with van der Waals surface area (Å²) in [6.45, 7) is 5.30. The van der Waals surface area contributed by atoms with E-state index >= 15 is 0 Å². The highest BCUT2D eigenvalue weighted by atomic mass is 16.2. The Bertz CT molecular complexity index is 357. The average molecular weight is 250 g/mol. The zero-order chi connectivity index (χ0) is 12.8. The zero-order valence-electron chi connectivity index (χ0n) is 11.0. The summed E-state index contributed by atoms with van der Waals surface area (Å²) in [6, 6.07) is 2.20. The van der Waals surface area contributed by atoms with Crippen LogP contribution in [0.3, 0.4) is 0 Å². The van der Waals surface area contributed by atoms with Gasteiger partial charge in [-0.1, -0.05) is 6.92 Å². The van der Waals surface area contributed by atoms with E-state index in [0.29, 0.717) is 12.6 Å². The third-order valence-corrected chi connectivity index (χ3v) is 3.35.